The molecule has 0 aliphatic rings. The van der Waals surface area contributed by atoms with E-state index < -0.39 is 5.97 Å². The summed E-state index contributed by atoms with van der Waals surface area (Å²) in [6, 6.07) is 0. The molecular formula is C17H31NO4. The monoisotopic (exact) mass is 313 g/mol. The van der Waals surface area contributed by atoms with Crippen molar-refractivity contribution in [1.29, 1.82) is 0 Å². The van der Waals surface area contributed by atoms with Crippen molar-refractivity contribution >= 4 is 18.7 Å². The second kappa shape index (κ2) is 19.4. The minimum atomic E-state index is -0.417. The summed E-state index contributed by atoms with van der Waals surface area (Å²) in [5, 5.41) is 2.83. The molecule has 0 heterocycles. The molecule has 0 aromatic rings. The van der Waals surface area contributed by atoms with Crippen LogP contribution in [0.5, 0.6) is 0 Å². The van der Waals surface area contributed by atoms with Gasteiger partial charge in [-0.15, -0.1) is 0 Å². The van der Waals surface area contributed by atoms with Gasteiger partial charge in [0.25, 0.3) is 0 Å². The lowest BCUT2D eigenvalue weighted by molar-refractivity contribution is -0.137. The van der Waals surface area contributed by atoms with E-state index in [0.717, 1.165) is 18.9 Å². The predicted molar refractivity (Wildman–Crippen MR) is 88.5 cm³/mol. The van der Waals surface area contributed by atoms with Gasteiger partial charge in [-0.05, 0) is 12.8 Å². The first-order chi connectivity index (χ1) is 10.7. The van der Waals surface area contributed by atoms with E-state index in [1.807, 2.05) is 6.79 Å². The van der Waals surface area contributed by atoms with E-state index in [1.54, 1.807) is 0 Å². The number of amides is 1. The fourth-order valence-electron chi connectivity index (χ4n) is 1.86. The smallest absolute Gasteiger partial charge is 0.330 e. The summed E-state index contributed by atoms with van der Waals surface area (Å²) < 4.78 is 4.81. The Labute approximate surface area is 134 Å². The van der Waals surface area contributed by atoms with Crippen LogP contribution in [0.15, 0.2) is 12.7 Å². The minimum absolute atomic E-state index is 0.0913. The Morgan fingerprint density at radius 2 is 1.59 bits per heavy atom. The van der Waals surface area contributed by atoms with Gasteiger partial charge in [0, 0.05) is 19.0 Å². The molecule has 0 fully saturated rings. The molecule has 0 aromatic heterocycles. The van der Waals surface area contributed by atoms with Crippen molar-refractivity contribution in [2.45, 2.75) is 64.7 Å². The van der Waals surface area contributed by atoms with Gasteiger partial charge in [-0.2, -0.15) is 0 Å². The van der Waals surface area contributed by atoms with Gasteiger partial charge in [0.05, 0.1) is 6.61 Å². The normalized spacial score (nSPS) is 9.32. The Morgan fingerprint density at radius 1 is 1.00 bits per heavy atom. The Bertz CT molecular complexity index is 292. The molecule has 1 amide bonds. The van der Waals surface area contributed by atoms with Crippen molar-refractivity contribution in [3.63, 3.8) is 0 Å². The lowest BCUT2D eigenvalue weighted by Gasteiger charge is -2.05. The predicted octanol–water partition coefficient (Wildman–Crippen LogP) is 3.18. The first-order valence-electron chi connectivity index (χ1n) is 8.05. The summed E-state index contributed by atoms with van der Waals surface area (Å²) in [6.45, 7) is 8.40. The molecule has 0 saturated carbocycles. The van der Waals surface area contributed by atoms with Crippen molar-refractivity contribution < 1.29 is 19.1 Å². The molecule has 0 bridgehead atoms. The molecule has 5 nitrogen and oxygen atoms in total. The molecule has 5 heteroatoms. The third-order valence-corrected chi connectivity index (χ3v) is 3.06. The Kier molecular flexibility index (Phi) is 19.9. The molecule has 0 saturated heterocycles. The van der Waals surface area contributed by atoms with Gasteiger partial charge in [-0.25, -0.2) is 4.79 Å². The van der Waals surface area contributed by atoms with Gasteiger partial charge in [-0.1, -0.05) is 52.0 Å². The van der Waals surface area contributed by atoms with Crippen molar-refractivity contribution in [2.75, 3.05) is 13.2 Å². The lowest BCUT2D eigenvalue weighted by Crippen LogP contribution is -2.25. The van der Waals surface area contributed by atoms with E-state index in [9.17, 15) is 9.59 Å². The number of rotatable bonds is 13. The number of hydrogen-bond donors (Lipinski definition) is 1. The number of carbonyl (C=O) groups excluding carboxylic acids is 3. The zero-order chi connectivity index (χ0) is 17.1. The Morgan fingerprint density at radius 3 is 2.18 bits per heavy atom. The SMILES string of the molecule is C=CC(=O)OCCCNC(=O)CCCCCCCCC.C=O. The van der Waals surface area contributed by atoms with Crippen molar-refractivity contribution in [2.24, 2.45) is 0 Å². The first-order valence-corrected chi connectivity index (χ1v) is 8.05. The van der Waals surface area contributed by atoms with Crippen molar-refractivity contribution in [3.05, 3.63) is 12.7 Å². The van der Waals surface area contributed by atoms with Gasteiger partial charge in [0.1, 0.15) is 6.79 Å². The molecule has 0 spiro atoms. The average Bonchev–Trinajstić information content (AvgIpc) is 2.55. The molecule has 1 N–H and O–H groups in total. The molecule has 0 unspecified atom stereocenters. The number of esters is 1. The molecule has 0 rings (SSSR count). The highest BCUT2D eigenvalue weighted by Gasteiger charge is 2.01. The molecule has 128 valence electrons. The zero-order valence-electron chi connectivity index (χ0n) is 13.9. The van der Waals surface area contributed by atoms with E-state index in [0.29, 0.717) is 26.0 Å². The van der Waals surface area contributed by atoms with E-state index in [2.05, 4.69) is 18.8 Å². The summed E-state index contributed by atoms with van der Waals surface area (Å²) >= 11 is 0. The maximum atomic E-state index is 11.5. The van der Waals surface area contributed by atoms with E-state index in [1.165, 1.54) is 32.1 Å². The van der Waals surface area contributed by atoms with Gasteiger partial charge in [-0.3, -0.25) is 4.79 Å². The Balaban J connectivity index is 0. The number of ether oxygens (including phenoxy) is 1. The van der Waals surface area contributed by atoms with Crippen LogP contribution in [0.1, 0.15) is 64.7 Å². The summed E-state index contributed by atoms with van der Waals surface area (Å²) in [5.74, 6) is -0.326. The third kappa shape index (κ3) is 18.4. The van der Waals surface area contributed by atoms with Gasteiger partial charge < -0.3 is 14.8 Å². The maximum Gasteiger partial charge on any atom is 0.330 e. The number of nitrogens with one attached hydrogen (secondary N) is 1. The summed E-state index contributed by atoms with van der Waals surface area (Å²) in [5.41, 5.74) is 0. The third-order valence-electron chi connectivity index (χ3n) is 3.06. The summed E-state index contributed by atoms with van der Waals surface area (Å²) in [6.07, 6.45) is 10.9. The van der Waals surface area contributed by atoms with E-state index in [-0.39, 0.29) is 5.91 Å². The fraction of sp³-hybridized carbons (Fsp3) is 0.706. The number of unbranched alkanes of at least 4 members (excludes halogenated alkanes) is 6. The van der Waals surface area contributed by atoms with Crippen LogP contribution in [-0.4, -0.2) is 31.8 Å². The Hall–Kier alpha value is -1.65. The van der Waals surface area contributed by atoms with Crippen LogP contribution in [0.2, 0.25) is 0 Å². The molecular weight excluding hydrogens is 282 g/mol. The quantitative estimate of drug-likeness (QED) is 0.322. The van der Waals surface area contributed by atoms with Crippen molar-refractivity contribution in [1.82, 2.24) is 5.32 Å². The topological polar surface area (TPSA) is 72.5 Å². The molecule has 22 heavy (non-hydrogen) atoms. The highest BCUT2D eigenvalue weighted by Crippen LogP contribution is 2.08. The maximum absolute atomic E-state index is 11.5. The average molecular weight is 313 g/mol. The van der Waals surface area contributed by atoms with Crippen LogP contribution in [-0.2, 0) is 19.1 Å². The van der Waals surface area contributed by atoms with Crippen LogP contribution in [0, 0.1) is 0 Å². The van der Waals surface area contributed by atoms with Gasteiger partial charge in [0.2, 0.25) is 5.91 Å². The van der Waals surface area contributed by atoms with Crippen LogP contribution in [0.4, 0.5) is 0 Å². The van der Waals surface area contributed by atoms with E-state index in [4.69, 9.17) is 9.53 Å². The fourth-order valence-corrected chi connectivity index (χ4v) is 1.86. The number of carbonyl (C=O) groups is 3. The summed E-state index contributed by atoms with van der Waals surface area (Å²) in [4.78, 5) is 30.2. The van der Waals surface area contributed by atoms with Crippen LogP contribution < -0.4 is 5.32 Å². The van der Waals surface area contributed by atoms with Crippen LogP contribution in [0.25, 0.3) is 0 Å². The van der Waals surface area contributed by atoms with Gasteiger partial charge >= 0.3 is 5.97 Å². The second-order valence-corrected chi connectivity index (χ2v) is 4.95. The molecule has 0 aromatic carbocycles. The summed E-state index contributed by atoms with van der Waals surface area (Å²) in [7, 11) is 0. The molecule has 0 atom stereocenters. The molecule has 0 aliphatic carbocycles. The van der Waals surface area contributed by atoms with E-state index >= 15 is 0 Å². The van der Waals surface area contributed by atoms with Crippen LogP contribution in [0.3, 0.4) is 0 Å². The second-order valence-electron chi connectivity index (χ2n) is 4.95. The zero-order valence-corrected chi connectivity index (χ0v) is 13.9. The highest BCUT2D eigenvalue weighted by atomic mass is 16.5. The molecule has 0 radical (unpaired) electrons. The minimum Gasteiger partial charge on any atom is -0.462 e. The van der Waals surface area contributed by atoms with Gasteiger partial charge in [0.15, 0.2) is 0 Å². The molecule has 0 aliphatic heterocycles. The van der Waals surface area contributed by atoms with Crippen molar-refractivity contribution in [3.8, 4) is 0 Å². The first kappa shape index (κ1) is 22.6. The number of hydrogen-bond acceptors (Lipinski definition) is 4. The standard InChI is InChI=1S/C16H29NO3.CH2O/c1-3-5-6-7-8-9-10-12-15(18)17-13-11-14-20-16(19)4-2;1-2/h4H,2-3,5-14H2,1H3,(H,17,18);1H2. The van der Waals surface area contributed by atoms with Crippen LogP contribution >= 0.6 is 0 Å². The lowest BCUT2D eigenvalue weighted by atomic mass is 10.1. The largest absolute Gasteiger partial charge is 0.462 e. The highest BCUT2D eigenvalue weighted by molar-refractivity contribution is 5.81.